The maximum atomic E-state index is 11.2. The van der Waals surface area contributed by atoms with Crippen LogP contribution in [0.15, 0.2) is 48.5 Å². The third-order valence-corrected chi connectivity index (χ3v) is 3.50. The first kappa shape index (κ1) is 14.3. The second-order valence-corrected chi connectivity index (χ2v) is 4.92. The van der Waals surface area contributed by atoms with Crippen LogP contribution < -0.4 is 5.32 Å². The maximum Gasteiger partial charge on any atom is 0.336 e. The molecular weight excluding hydrogens is 250 g/mol. The zero-order chi connectivity index (χ0) is 14.5. The number of benzene rings is 2. The van der Waals surface area contributed by atoms with Crippen molar-refractivity contribution in [1.82, 2.24) is 5.32 Å². The zero-order valence-electron chi connectivity index (χ0n) is 11.8. The molecule has 0 saturated heterocycles. The van der Waals surface area contributed by atoms with Gasteiger partial charge in [-0.05, 0) is 36.6 Å². The Morgan fingerprint density at radius 3 is 2.50 bits per heavy atom. The van der Waals surface area contributed by atoms with E-state index in [0.29, 0.717) is 12.1 Å². The number of carbonyl (C=O) groups is 1. The molecule has 0 aliphatic rings. The van der Waals surface area contributed by atoms with Crippen LogP contribution in [0.2, 0.25) is 0 Å². The molecule has 0 aliphatic carbocycles. The van der Waals surface area contributed by atoms with E-state index in [9.17, 15) is 4.79 Å². The Morgan fingerprint density at radius 2 is 1.80 bits per heavy atom. The standard InChI is InChI=1S/C17H19NO2/c1-12-7-3-5-9-15(12)13(2)18-11-14-8-4-6-10-16(14)17(19)20/h3-10,13,18H,11H2,1-2H3,(H,19,20)/t13-/m0/s1. The third-order valence-electron chi connectivity index (χ3n) is 3.50. The molecule has 0 radical (unpaired) electrons. The summed E-state index contributed by atoms with van der Waals surface area (Å²) >= 11 is 0. The molecule has 0 aromatic heterocycles. The van der Waals surface area contributed by atoms with E-state index < -0.39 is 5.97 Å². The van der Waals surface area contributed by atoms with Crippen molar-refractivity contribution in [3.8, 4) is 0 Å². The molecular formula is C17H19NO2. The minimum atomic E-state index is -0.883. The molecule has 0 heterocycles. The van der Waals surface area contributed by atoms with Crippen LogP contribution in [-0.2, 0) is 6.54 Å². The number of hydrogen-bond donors (Lipinski definition) is 2. The average Bonchev–Trinajstić information content (AvgIpc) is 2.45. The predicted molar refractivity (Wildman–Crippen MR) is 79.8 cm³/mol. The highest BCUT2D eigenvalue weighted by molar-refractivity contribution is 5.89. The van der Waals surface area contributed by atoms with E-state index in [0.717, 1.165) is 5.56 Å². The molecule has 2 aromatic carbocycles. The van der Waals surface area contributed by atoms with Gasteiger partial charge in [-0.2, -0.15) is 0 Å². The summed E-state index contributed by atoms with van der Waals surface area (Å²) in [5.41, 5.74) is 3.64. The van der Waals surface area contributed by atoms with Gasteiger partial charge in [0.2, 0.25) is 0 Å². The van der Waals surface area contributed by atoms with Gasteiger partial charge in [-0.1, -0.05) is 42.5 Å². The van der Waals surface area contributed by atoms with Gasteiger partial charge in [-0.15, -0.1) is 0 Å². The minimum absolute atomic E-state index is 0.179. The number of aromatic carboxylic acids is 1. The van der Waals surface area contributed by atoms with E-state index >= 15 is 0 Å². The SMILES string of the molecule is Cc1ccccc1[C@H](C)NCc1ccccc1C(=O)O. The highest BCUT2D eigenvalue weighted by Gasteiger charge is 2.11. The van der Waals surface area contributed by atoms with Crippen LogP contribution in [-0.4, -0.2) is 11.1 Å². The van der Waals surface area contributed by atoms with Gasteiger partial charge in [0, 0.05) is 12.6 Å². The fourth-order valence-corrected chi connectivity index (χ4v) is 2.33. The monoisotopic (exact) mass is 269 g/mol. The number of carboxylic acid groups (broad SMARTS) is 1. The lowest BCUT2D eigenvalue weighted by Crippen LogP contribution is -2.20. The van der Waals surface area contributed by atoms with Crippen molar-refractivity contribution in [3.05, 3.63) is 70.8 Å². The molecule has 20 heavy (non-hydrogen) atoms. The Labute approximate surface area is 119 Å². The average molecular weight is 269 g/mol. The molecule has 2 N–H and O–H groups in total. The van der Waals surface area contributed by atoms with Gasteiger partial charge in [-0.3, -0.25) is 0 Å². The summed E-state index contributed by atoms with van der Waals surface area (Å²) in [6.07, 6.45) is 0. The molecule has 0 unspecified atom stereocenters. The number of aryl methyl sites for hydroxylation is 1. The minimum Gasteiger partial charge on any atom is -0.478 e. The van der Waals surface area contributed by atoms with E-state index in [2.05, 4.69) is 31.3 Å². The molecule has 3 heteroatoms. The highest BCUT2D eigenvalue weighted by atomic mass is 16.4. The predicted octanol–water partition coefficient (Wildman–Crippen LogP) is 3.54. The van der Waals surface area contributed by atoms with Crippen molar-refractivity contribution in [2.45, 2.75) is 26.4 Å². The Bertz CT molecular complexity index is 607. The first-order valence-corrected chi connectivity index (χ1v) is 6.69. The summed E-state index contributed by atoms with van der Waals surface area (Å²) in [4.78, 5) is 11.2. The summed E-state index contributed by atoms with van der Waals surface area (Å²) in [6.45, 7) is 4.71. The molecule has 0 aliphatic heterocycles. The van der Waals surface area contributed by atoms with Crippen molar-refractivity contribution in [2.75, 3.05) is 0 Å². The molecule has 0 amide bonds. The second kappa shape index (κ2) is 6.35. The summed E-state index contributed by atoms with van der Waals surface area (Å²) in [5.74, 6) is -0.883. The zero-order valence-corrected chi connectivity index (χ0v) is 11.8. The van der Waals surface area contributed by atoms with Crippen molar-refractivity contribution in [2.24, 2.45) is 0 Å². The van der Waals surface area contributed by atoms with Gasteiger partial charge in [0.05, 0.1) is 5.56 Å². The lowest BCUT2D eigenvalue weighted by Gasteiger charge is -2.17. The van der Waals surface area contributed by atoms with Gasteiger partial charge in [0.25, 0.3) is 0 Å². The molecule has 0 saturated carbocycles. The third kappa shape index (κ3) is 3.25. The largest absolute Gasteiger partial charge is 0.478 e. The topological polar surface area (TPSA) is 49.3 Å². The van der Waals surface area contributed by atoms with Crippen LogP contribution in [0.5, 0.6) is 0 Å². The summed E-state index contributed by atoms with van der Waals surface area (Å²) in [5, 5.41) is 12.6. The van der Waals surface area contributed by atoms with E-state index in [4.69, 9.17) is 5.11 Å². The Kier molecular flexibility index (Phi) is 4.53. The normalized spacial score (nSPS) is 12.1. The summed E-state index contributed by atoms with van der Waals surface area (Å²) < 4.78 is 0. The Balaban J connectivity index is 2.10. The summed E-state index contributed by atoms with van der Waals surface area (Å²) in [7, 11) is 0. The van der Waals surface area contributed by atoms with Crippen LogP contribution >= 0.6 is 0 Å². The number of hydrogen-bond acceptors (Lipinski definition) is 2. The molecule has 3 nitrogen and oxygen atoms in total. The molecule has 0 spiro atoms. The van der Waals surface area contributed by atoms with E-state index in [1.54, 1.807) is 12.1 Å². The first-order chi connectivity index (χ1) is 9.59. The van der Waals surface area contributed by atoms with Gasteiger partial charge < -0.3 is 10.4 Å². The fraction of sp³-hybridized carbons (Fsp3) is 0.235. The number of rotatable bonds is 5. The molecule has 2 rings (SSSR count). The smallest absolute Gasteiger partial charge is 0.336 e. The quantitative estimate of drug-likeness (QED) is 0.872. The van der Waals surface area contributed by atoms with Crippen molar-refractivity contribution in [3.63, 3.8) is 0 Å². The van der Waals surface area contributed by atoms with E-state index in [1.165, 1.54) is 11.1 Å². The first-order valence-electron chi connectivity index (χ1n) is 6.69. The van der Waals surface area contributed by atoms with Crippen LogP contribution in [0.4, 0.5) is 0 Å². The fourth-order valence-electron chi connectivity index (χ4n) is 2.33. The second-order valence-electron chi connectivity index (χ2n) is 4.92. The number of nitrogens with one attached hydrogen (secondary N) is 1. The lowest BCUT2D eigenvalue weighted by atomic mass is 10.0. The van der Waals surface area contributed by atoms with Gasteiger partial charge in [0.15, 0.2) is 0 Å². The van der Waals surface area contributed by atoms with Crippen LogP contribution in [0, 0.1) is 6.92 Å². The van der Waals surface area contributed by atoms with Crippen molar-refractivity contribution < 1.29 is 9.90 Å². The molecule has 0 bridgehead atoms. The Hall–Kier alpha value is -2.13. The maximum absolute atomic E-state index is 11.2. The van der Waals surface area contributed by atoms with Gasteiger partial charge in [0.1, 0.15) is 0 Å². The summed E-state index contributed by atoms with van der Waals surface area (Å²) in [6, 6.07) is 15.5. The number of carboxylic acids is 1. The Morgan fingerprint density at radius 1 is 1.15 bits per heavy atom. The molecule has 2 aromatic rings. The van der Waals surface area contributed by atoms with Crippen molar-refractivity contribution >= 4 is 5.97 Å². The van der Waals surface area contributed by atoms with E-state index in [1.807, 2.05) is 24.3 Å². The van der Waals surface area contributed by atoms with Gasteiger partial charge in [-0.25, -0.2) is 4.79 Å². The molecule has 1 atom stereocenters. The van der Waals surface area contributed by atoms with Crippen LogP contribution in [0.3, 0.4) is 0 Å². The van der Waals surface area contributed by atoms with Gasteiger partial charge >= 0.3 is 5.97 Å². The van der Waals surface area contributed by atoms with Crippen molar-refractivity contribution in [1.29, 1.82) is 0 Å². The van der Waals surface area contributed by atoms with E-state index in [-0.39, 0.29) is 6.04 Å². The van der Waals surface area contributed by atoms with Crippen LogP contribution in [0.1, 0.15) is 40.0 Å². The van der Waals surface area contributed by atoms with Crippen LogP contribution in [0.25, 0.3) is 0 Å². The lowest BCUT2D eigenvalue weighted by molar-refractivity contribution is 0.0695. The molecule has 104 valence electrons. The highest BCUT2D eigenvalue weighted by Crippen LogP contribution is 2.18. The molecule has 0 fully saturated rings.